The molecule has 2 heterocycles. The second-order valence-corrected chi connectivity index (χ2v) is 5.50. The van der Waals surface area contributed by atoms with Crippen LogP contribution in [0, 0.1) is 0 Å². The summed E-state index contributed by atoms with van der Waals surface area (Å²) in [6, 6.07) is 7.95. The Balaban J connectivity index is 2.01. The van der Waals surface area contributed by atoms with Crippen molar-refractivity contribution in [3.8, 4) is 0 Å². The van der Waals surface area contributed by atoms with Crippen LogP contribution < -0.4 is 0 Å². The Labute approximate surface area is 133 Å². The van der Waals surface area contributed by atoms with Crippen LogP contribution in [0.5, 0.6) is 0 Å². The highest BCUT2D eigenvalue weighted by Gasteiger charge is 2.53. The summed E-state index contributed by atoms with van der Waals surface area (Å²) in [4.78, 5) is 38.6. The quantitative estimate of drug-likeness (QED) is 0.787. The molecule has 1 amide bonds. The molecule has 0 N–H and O–H groups in total. The van der Waals surface area contributed by atoms with Crippen molar-refractivity contribution in [3.05, 3.63) is 47.0 Å². The van der Waals surface area contributed by atoms with E-state index >= 15 is 0 Å². The second-order valence-electron chi connectivity index (χ2n) is 5.50. The first-order valence-corrected chi connectivity index (χ1v) is 7.38. The van der Waals surface area contributed by atoms with Gasteiger partial charge in [-0.3, -0.25) is 4.79 Å². The Morgan fingerprint density at radius 2 is 1.39 bits per heavy atom. The van der Waals surface area contributed by atoms with Gasteiger partial charge >= 0.3 is 11.9 Å². The van der Waals surface area contributed by atoms with E-state index in [4.69, 9.17) is 9.47 Å². The maximum Gasteiger partial charge on any atom is 0.336 e. The fourth-order valence-electron chi connectivity index (χ4n) is 3.46. The van der Waals surface area contributed by atoms with E-state index in [0.29, 0.717) is 18.4 Å². The summed E-state index contributed by atoms with van der Waals surface area (Å²) in [6.45, 7) is 0. The molecule has 0 spiro atoms. The number of nitrogens with zero attached hydrogens (tertiary/aromatic N) is 1. The van der Waals surface area contributed by atoms with Crippen LogP contribution in [-0.2, 0) is 19.1 Å². The van der Waals surface area contributed by atoms with Crippen LogP contribution in [0.25, 0.3) is 0 Å². The van der Waals surface area contributed by atoms with Gasteiger partial charge in [-0.25, -0.2) is 9.59 Å². The number of rotatable bonds is 3. The largest absolute Gasteiger partial charge is 0.466 e. The molecule has 120 valence electrons. The van der Waals surface area contributed by atoms with Crippen LogP contribution in [0.4, 0.5) is 0 Å². The first-order valence-electron chi connectivity index (χ1n) is 7.38. The molecule has 6 nitrogen and oxygen atoms in total. The van der Waals surface area contributed by atoms with Gasteiger partial charge in [0.25, 0.3) is 5.91 Å². The fraction of sp³-hybridized carbons (Fsp3) is 0.353. The number of fused-ring (bicyclic) bond motifs is 2. The number of hydrogen-bond donors (Lipinski definition) is 0. The number of carbonyl (C=O) groups excluding carboxylic acids is 3. The van der Waals surface area contributed by atoms with Gasteiger partial charge in [-0.2, -0.15) is 0 Å². The molecule has 2 unspecified atom stereocenters. The average Bonchev–Trinajstić information content (AvgIpc) is 3.16. The van der Waals surface area contributed by atoms with Gasteiger partial charge in [-0.1, -0.05) is 18.2 Å². The molecule has 1 aromatic rings. The van der Waals surface area contributed by atoms with Crippen molar-refractivity contribution < 1.29 is 23.9 Å². The zero-order valence-corrected chi connectivity index (χ0v) is 12.9. The normalized spacial score (nSPS) is 22.3. The minimum Gasteiger partial charge on any atom is -0.466 e. The Kier molecular flexibility index (Phi) is 3.90. The van der Waals surface area contributed by atoms with Crippen molar-refractivity contribution in [2.24, 2.45) is 0 Å². The highest BCUT2D eigenvalue weighted by atomic mass is 16.5. The number of amides is 1. The Hall–Kier alpha value is -2.63. The van der Waals surface area contributed by atoms with Crippen LogP contribution in [0.2, 0.25) is 0 Å². The first-order chi connectivity index (χ1) is 11.1. The summed E-state index contributed by atoms with van der Waals surface area (Å²) in [5, 5.41) is 0. The van der Waals surface area contributed by atoms with Gasteiger partial charge in [0.2, 0.25) is 0 Å². The van der Waals surface area contributed by atoms with Crippen molar-refractivity contribution in [2.75, 3.05) is 14.2 Å². The van der Waals surface area contributed by atoms with E-state index in [-0.39, 0.29) is 17.1 Å². The molecular formula is C17H17NO5. The van der Waals surface area contributed by atoms with Gasteiger partial charge in [0.1, 0.15) is 0 Å². The van der Waals surface area contributed by atoms with E-state index in [1.54, 1.807) is 29.2 Å². The summed E-state index contributed by atoms with van der Waals surface area (Å²) < 4.78 is 9.61. The molecule has 0 saturated carbocycles. The summed E-state index contributed by atoms with van der Waals surface area (Å²) in [5.74, 6) is -1.36. The van der Waals surface area contributed by atoms with Crippen molar-refractivity contribution >= 4 is 17.8 Å². The number of esters is 2. The van der Waals surface area contributed by atoms with Crippen LogP contribution in [0.3, 0.4) is 0 Å². The number of carbonyl (C=O) groups is 3. The Morgan fingerprint density at radius 1 is 0.913 bits per heavy atom. The molecule has 2 aliphatic rings. The molecular weight excluding hydrogens is 298 g/mol. The van der Waals surface area contributed by atoms with E-state index in [2.05, 4.69) is 0 Å². The van der Waals surface area contributed by atoms with Gasteiger partial charge < -0.3 is 14.4 Å². The first kappa shape index (κ1) is 15.3. The lowest BCUT2D eigenvalue weighted by atomic mass is 9.92. The van der Waals surface area contributed by atoms with E-state index in [9.17, 15) is 14.4 Å². The fourth-order valence-corrected chi connectivity index (χ4v) is 3.46. The van der Waals surface area contributed by atoms with E-state index in [0.717, 1.165) is 0 Å². The Morgan fingerprint density at radius 3 is 1.83 bits per heavy atom. The van der Waals surface area contributed by atoms with E-state index in [1.165, 1.54) is 14.2 Å². The topological polar surface area (TPSA) is 72.9 Å². The molecule has 0 aliphatic carbocycles. The third-order valence-electron chi connectivity index (χ3n) is 4.41. The molecule has 2 aliphatic heterocycles. The molecule has 2 bridgehead atoms. The standard InChI is InChI=1S/C17H17NO5/c1-22-16(20)13-11-8-9-12(14(13)17(21)23-2)18(11)15(19)10-6-4-3-5-7-10/h3-7,11-12H,8-9H2,1-2H3. The number of ether oxygens (including phenoxy) is 2. The highest BCUT2D eigenvalue weighted by Crippen LogP contribution is 2.43. The zero-order valence-electron chi connectivity index (χ0n) is 12.9. The van der Waals surface area contributed by atoms with Crippen LogP contribution in [0.1, 0.15) is 23.2 Å². The SMILES string of the molecule is COC(=O)C1=C(C(=O)OC)C2CCC1N2C(=O)c1ccccc1. The summed E-state index contributed by atoms with van der Waals surface area (Å²) in [5.41, 5.74) is 1.03. The van der Waals surface area contributed by atoms with Crippen LogP contribution in [-0.4, -0.2) is 49.0 Å². The number of hydrogen-bond acceptors (Lipinski definition) is 5. The highest BCUT2D eigenvalue weighted by molar-refractivity contribution is 6.07. The van der Waals surface area contributed by atoms with Gasteiger partial charge in [0, 0.05) is 5.56 Å². The summed E-state index contributed by atoms with van der Waals surface area (Å²) >= 11 is 0. The molecule has 23 heavy (non-hydrogen) atoms. The van der Waals surface area contributed by atoms with E-state index in [1.807, 2.05) is 6.07 Å². The lowest BCUT2D eigenvalue weighted by Gasteiger charge is -2.23. The van der Waals surface area contributed by atoms with E-state index < -0.39 is 24.0 Å². The number of benzene rings is 1. The van der Waals surface area contributed by atoms with Gasteiger partial charge in [-0.05, 0) is 25.0 Å². The predicted octanol–water partition coefficient (Wildman–Crippen LogP) is 1.32. The molecule has 0 radical (unpaired) electrons. The molecule has 3 rings (SSSR count). The molecule has 0 aromatic heterocycles. The van der Waals surface area contributed by atoms with Gasteiger partial charge in [0.15, 0.2) is 0 Å². The van der Waals surface area contributed by atoms with Crippen molar-refractivity contribution in [1.29, 1.82) is 0 Å². The number of methoxy groups -OCH3 is 2. The van der Waals surface area contributed by atoms with Gasteiger partial charge in [-0.15, -0.1) is 0 Å². The van der Waals surface area contributed by atoms with Gasteiger partial charge in [0.05, 0.1) is 37.4 Å². The Bertz CT molecular complexity index is 660. The minimum absolute atomic E-state index is 0.196. The lowest BCUT2D eigenvalue weighted by Crippen LogP contribution is -2.38. The molecule has 2 atom stereocenters. The maximum absolute atomic E-state index is 12.8. The molecule has 6 heteroatoms. The van der Waals surface area contributed by atoms with Crippen molar-refractivity contribution in [3.63, 3.8) is 0 Å². The zero-order chi connectivity index (χ0) is 16.6. The van der Waals surface area contributed by atoms with Crippen LogP contribution in [0.15, 0.2) is 41.5 Å². The molecule has 1 fully saturated rings. The third-order valence-corrected chi connectivity index (χ3v) is 4.41. The van der Waals surface area contributed by atoms with Crippen molar-refractivity contribution in [2.45, 2.75) is 24.9 Å². The predicted molar refractivity (Wildman–Crippen MR) is 80.5 cm³/mol. The molecule has 1 aromatic carbocycles. The van der Waals surface area contributed by atoms with Crippen molar-refractivity contribution in [1.82, 2.24) is 4.90 Å². The second kappa shape index (κ2) is 5.87. The lowest BCUT2D eigenvalue weighted by molar-refractivity contribution is -0.139. The summed E-state index contributed by atoms with van der Waals surface area (Å²) in [6.07, 6.45) is 1.27. The average molecular weight is 315 g/mol. The minimum atomic E-state index is -0.580. The third kappa shape index (κ3) is 2.30. The molecule has 1 saturated heterocycles. The van der Waals surface area contributed by atoms with Crippen LogP contribution >= 0.6 is 0 Å². The summed E-state index contributed by atoms with van der Waals surface area (Å²) in [7, 11) is 2.53. The smallest absolute Gasteiger partial charge is 0.336 e. The monoisotopic (exact) mass is 315 g/mol. The maximum atomic E-state index is 12.8.